The van der Waals surface area contributed by atoms with Crippen LogP contribution in [0.4, 0.5) is 0 Å². The molecule has 0 spiro atoms. The van der Waals surface area contributed by atoms with Crippen LogP contribution < -0.4 is 5.32 Å². The Labute approximate surface area is 107 Å². The molecule has 1 N–H and O–H groups in total. The summed E-state index contributed by atoms with van der Waals surface area (Å²) < 4.78 is 11.2. The van der Waals surface area contributed by atoms with Crippen LogP contribution >= 0.6 is 0 Å². The van der Waals surface area contributed by atoms with E-state index in [0.29, 0.717) is 6.61 Å². The zero-order valence-electron chi connectivity index (χ0n) is 12.5. The minimum Gasteiger partial charge on any atom is -0.380 e. The number of rotatable bonds is 10. The van der Waals surface area contributed by atoms with E-state index >= 15 is 0 Å². The maximum absolute atomic E-state index is 5.74. The standard InChI is InChI=1S/C14H31NO2/c1-7-15-13(14(4,5)16-6)11-17-10-8-9-12(2)3/h12-13,15H,7-11H2,1-6H3. The fraction of sp³-hybridized carbons (Fsp3) is 1.00. The molecule has 0 heterocycles. The van der Waals surface area contributed by atoms with Crippen molar-refractivity contribution >= 4 is 0 Å². The highest BCUT2D eigenvalue weighted by Crippen LogP contribution is 2.14. The van der Waals surface area contributed by atoms with Gasteiger partial charge in [-0.25, -0.2) is 0 Å². The number of ether oxygens (including phenoxy) is 2. The van der Waals surface area contributed by atoms with Gasteiger partial charge in [0.2, 0.25) is 0 Å². The van der Waals surface area contributed by atoms with Crippen LogP contribution in [0.2, 0.25) is 0 Å². The second-order valence-corrected chi connectivity index (χ2v) is 5.53. The van der Waals surface area contributed by atoms with Gasteiger partial charge in [0.05, 0.1) is 18.2 Å². The third kappa shape index (κ3) is 7.74. The summed E-state index contributed by atoms with van der Waals surface area (Å²) in [4.78, 5) is 0. The molecule has 3 nitrogen and oxygen atoms in total. The summed E-state index contributed by atoms with van der Waals surface area (Å²) in [5.41, 5.74) is -0.186. The van der Waals surface area contributed by atoms with Crippen LogP contribution in [0.25, 0.3) is 0 Å². The maximum atomic E-state index is 5.74. The first-order chi connectivity index (χ1) is 7.94. The van der Waals surface area contributed by atoms with Crippen molar-refractivity contribution < 1.29 is 9.47 Å². The molecule has 3 heteroatoms. The molecule has 17 heavy (non-hydrogen) atoms. The summed E-state index contributed by atoms with van der Waals surface area (Å²) in [6, 6.07) is 0.247. The van der Waals surface area contributed by atoms with E-state index in [1.165, 1.54) is 6.42 Å². The summed E-state index contributed by atoms with van der Waals surface area (Å²) in [7, 11) is 1.75. The van der Waals surface area contributed by atoms with Gasteiger partial charge >= 0.3 is 0 Å². The molecule has 0 amide bonds. The molecule has 0 fully saturated rings. The van der Waals surface area contributed by atoms with E-state index in [4.69, 9.17) is 9.47 Å². The van der Waals surface area contributed by atoms with Crippen molar-refractivity contribution in [3.8, 4) is 0 Å². The van der Waals surface area contributed by atoms with Crippen LogP contribution in [0.1, 0.15) is 47.5 Å². The number of hydrogen-bond donors (Lipinski definition) is 1. The molecule has 1 atom stereocenters. The van der Waals surface area contributed by atoms with Gasteiger partial charge in [0.25, 0.3) is 0 Å². The summed E-state index contributed by atoms with van der Waals surface area (Å²) in [5.74, 6) is 0.763. The van der Waals surface area contributed by atoms with Crippen LogP contribution in [0.5, 0.6) is 0 Å². The fourth-order valence-corrected chi connectivity index (χ4v) is 1.69. The monoisotopic (exact) mass is 245 g/mol. The second kappa shape index (κ2) is 8.90. The highest BCUT2D eigenvalue weighted by Gasteiger charge is 2.28. The van der Waals surface area contributed by atoms with Gasteiger partial charge in [0.15, 0.2) is 0 Å². The van der Waals surface area contributed by atoms with E-state index < -0.39 is 0 Å². The molecule has 0 rings (SSSR count). The third-order valence-electron chi connectivity index (χ3n) is 3.17. The van der Waals surface area contributed by atoms with Gasteiger partial charge in [0, 0.05) is 13.7 Å². The lowest BCUT2D eigenvalue weighted by molar-refractivity contribution is -0.0387. The van der Waals surface area contributed by atoms with Gasteiger partial charge in [-0.2, -0.15) is 0 Å². The van der Waals surface area contributed by atoms with Crippen molar-refractivity contribution in [1.82, 2.24) is 5.32 Å². The number of nitrogens with one attached hydrogen (secondary N) is 1. The minimum atomic E-state index is -0.186. The lowest BCUT2D eigenvalue weighted by Gasteiger charge is -2.33. The van der Waals surface area contributed by atoms with Crippen molar-refractivity contribution in [3.05, 3.63) is 0 Å². The van der Waals surface area contributed by atoms with Crippen LogP contribution in [0.3, 0.4) is 0 Å². The Kier molecular flexibility index (Phi) is 8.83. The number of methoxy groups -OCH3 is 1. The average Bonchev–Trinajstić information content (AvgIpc) is 2.26. The molecular formula is C14H31NO2. The SMILES string of the molecule is CCNC(COCCCC(C)C)C(C)(C)OC. The van der Waals surface area contributed by atoms with Crippen molar-refractivity contribution in [2.75, 3.05) is 26.9 Å². The third-order valence-corrected chi connectivity index (χ3v) is 3.17. The van der Waals surface area contributed by atoms with E-state index in [9.17, 15) is 0 Å². The van der Waals surface area contributed by atoms with Crippen molar-refractivity contribution in [2.45, 2.75) is 59.1 Å². The van der Waals surface area contributed by atoms with Crippen LogP contribution in [0, 0.1) is 5.92 Å². The first kappa shape index (κ1) is 16.9. The fourth-order valence-electron chi connectivity index (χ4n) is 1.69. The van der Waals surface area contributed by atoms with Gasteiger partial charge in [-0.15, -0.1) is 0 Å². The molecule has 0 aromatic heterocycles. The van der Waals surface area contributed by atoms with E-state index in [1.807, 2.05) is 0 Å². The predicted octanol–water partition coefficient (Wildman–Crippen LogP) is 2.84. The largest absolute Gasteiger partial charge is 0.380 e. The molecule has 0 aliphatic heterocycles. The molecule has 0 aromatic rings. The Bertz CT molecular complexity index is 181. The zero-order valence-corrected chi connectivity index (χ0v) is 12.5. The van der Waals surface area contributed by atoms with Crippen LogP contribution in [0.15, 0.2) is 0 Å². The Hall–Kier alpha value is -0.120. The Morgan fingerprint density at radius 1 is 1.24 bits per heavy atom. The molecule has 0 radical (unpaired) electrons. The molecule has 0 saturated heterocycles. The van der Waals surface area contributed by atoms with Gasteiger partial charge < -0.3 is 14.8 Å². The van der Waals surface area contributed by atoms with Gasteiger partial charge in [0.1, 0.15) is 0 Å². The van der Waals surface area contributed by atoms with Crippen LogP contribution in [-0.4, -0.2) is 38.5 Å². The highest BCUT2D eigenvalue weighted by molar-refractivity contribution is 4.84. The molecule has 104 valence electrons. The Balaban J connectivity index is 3.86. The summed E-state index contributed by atoms with van der Waals surface area (Å²) in [6.07, 6.45) is 2.38. The van der Waals surface area contributed by atoms with Crippen molar-refractivity contribution in [3.63, 3.8) is 0 Å². The second-order valence-electron chi connectivity index (χ2n) is 5.53. The van der Waals surface area contributed by atoms with Gasteiger partial charge in [-0.05, 0) is 39.2 Å². The summed E-state index contributed by atoms with van der Waals surface area (Å²) in [6.45, 7) is 13.3. The lowest BCUT2D eigenvalue weighted by Crippen LogP contribution is -2.50. The zero-order chi connectivity index (χ0) is 13.3. The minimum absolute atomic E-state index is 0.186. The molecule has 1 unspecified atom stereocenters. The molecular weight excluding hydrogens is 214 g/mol. The molecule has 0 saturated carbocycles. The number of hydrogen-bond acceptors (Lipinski definition) is 3. The van der Waals surface area contributed by atoms with Crippen molar-refractivity contribution in [2.24, 2.45) is 5.92 Å². The quantitative estimate of drug-likeness (QED) is 0.600. The molecule has 0 aliphatic carbocycles. The maximum Gasteiger partial charge on any atom is 0.0797 e. The topological polar surface area (TPSA) is 30.5 Å². The Morgan fingerprint density at radius 2 is 1.88 bits per heavy atom. The van der Waals surface area contributed by atoms with Gasteiger partial charge in [-0.3, -0.25) is 0 Å². The molecule has 0 bridgehead atoms. The van der Waals surface area contributed by atoms with E-state index in [0.717, 1.165) is 25.5 Å². The van der Waals surface area contributed by atoms with Gasteiger partial charge in [-0.1, -0.05) is 20.8 Å². The number of likely N-dealkylation sites (N-methyl/N-ethyl adjacent to an activating group) is 1. The normalized spacial score (nSPS) is 14.3. The highest BCUT2D eigenvalue weighted by atomic mass is 16.5. The predicted molar refractivity (Wildman–Crippen MR) is 73.4 cm³/mol. The summed E-state index contributed by atoms with van der Waals surface area (Å²) >= 11 is 0. The van der Waals surface area contributed by atoms with E-state index in [2.05, 4.69) is 39.9 Å². The van der Waals surface area contributed by atoms with E-state index in [-0.39, 0.29) is 11.6 Å². The van der Waals surface area contributed by atoms with E-state index in [1.54, 1.807) is 7.11 Å². The summed E-state index contributed by atoms with van der Waals surface area (Å²) in [5, 5.41) is 3.42. The lowest BCUT2D eigenvalue weighted by atomic mass is 9.99. The first-order valence-electron chi connectivity index (χ1n) is 6.80. The average molecular weight is 245 g/mol. The Morgan fingerprint density at radius 3 is 2.35 bits per heavy atom. The van der Waals surface area contributed by atoms with Crippen molar-refractivity contribution in [1.29, 1.82) is 0 Å². The first-order valence-corrected chi connectivity index (χ1v) is 6.80. The smallest absolute Gasteiger partial charge is 0.0797 e. The van der Waals surface area contributed by atoms with Crippen LogP contribution in [-0.2, 0) is 9.47 Å². The molecule has 0 aliphatic rings. The molecule has 0 aromatic carbocycles.